The number of hydrogen-bond acceptors (Lipinski definition) is 1. The van der Waals surface area contributed by atoms with Crippen LogP contribution >= 0.6 is 27.5 Å². The van der Waals surface area contributed by atoms with Crippen molar-refractivity contribution in [1.29, 1.82) is 0 Å². The van der Waals surface area contributed by atoms with Gasteiger partial charge >= 0.3 is 0 Å². The first-order valence-electron chi connectivity index (χ1n) is 5.07. The molecule has 0 fully saturated rings. The molecule has 0 bridgehead atoms. The SMILES string of the molecule is O=C(c1cc(Cl)cc(Br)c1)N1CC=CCC1. The van der Waals surface area contributed by atoms with Crippen molar-refractivity contribution in [3.05, 3.63) is 45.4 Å². The number of carbonyl (C=O) groups excluding carboxylic acids is 1. The Labute approximate surface area is 108 Å². The van der Waals surface area contributed by atoms with Crippen LogP contribution in [-0.2, 0) is 0 Å². The van der Waals surface area contributed by atoms with Gasteiger partial charge in [0.2, 0.25) is 0 Å². The Morgan fingerprint density at radius 2 is 2.12 bits per heavy atom. The van der Waals surface area contributed by atoms with Gasteiger partial charge in [-0.05, 0) is 24.6 Å². The summed E-state index contributed by atoms with van der Waals surface area (Å²) in [6, 6.07) is 5.27. The minimum absolute atomic E-state index is 0.0348. The van der Waals surface area contributed by atoms with Crippen LogP contribution in [0.15, 0.2) is 34.8 Å². The fourth-order valence-corrected chi connectivity index (χ4v) is 2.55. The van der Waals surface area contributed by atoms with E-state index in [1.807, 2.05) is 11.0 Å². The van der Waals surface area contributed by atoms with Gasteiger partial charge in [0.15, 0.2) is 0 Å². The van der Waals surface area contributed by atoms with Crippen LogP contribution in [0, 0.1) is 0 Å². The van der Waals surface area contributed by atoms with E-state index in [1.165, 1.54) is 0 Å². The first kappa shape index (κ1) is 11.7. The van der Waals surface area contributed by atoms with Gasteiger partial charge in [0.05, 0.1) is 0 Å². The van der Waals surface area contributed by atoms with E-state index in [-0.39, 0.29) is 5.91 Å². The summed E-state index contributed by atoms with van der Waals surface area (Å²) in [5.74, 6) is 0.0348. The molecule has 1 heterocycles. The van der Waals surface area contributed by atoms with Crippen molar-refractivity contribution in [2.75, 3.05) is 13.1 Å². The van der Waals surface area contributed by atoms with Crippen molar-refractivity contribution >= 4 is 33.4 Å². The van der Waals surface area contributed by atoms with E-state index in [0.717, 1.165) is 17.4 Å². The van der Waals surface area contributed by atoms with Crippen molar-refractivity contribution in [2.45, 2.75) is 6.42 Å². The fraction of sp³-hybridized carbons (Fsp3) is 0.250. The highest BCUT2D eigenvalue weighted by atomic mass is 79.9. The molecule has 0 aliphatic carbocycles. The van der Waals surface area contributed by atoms with Crippen LogP contribution in [0.3, 0.4) is 0 Å². The third kappa shape index (κ3) is 2.66. The number of nitrogens with zero attached hydrogens (tertiary/aromatic N) is 1. The molecule has 1 aromatic rings. The third-order valence-electron chi connectivity index (χ3n) is 2.45. The molecule has 2 nitrogen and oxygen atoms in total. The topological polar surface area (TPSA) is 20.3 Å². The van der Waals surface area contributed by atoms with Crippen LogP contribution in [0.4, 0.5) is 0 Å². The number of amides is 1. The summed E-state index contributed by atoms with van der Waals surface area (Å²) in [5, 5.41) is 0.574. The average molecular weight is 301 g/mol. The molecule has 4 heteroatoms. The first-order chi connectivity index (χ1) is 7.66. The maximum Gasteiger partial charge on any atom is 0.254 e. The van der Waals surface area contributed by atoms with Gasteiger partial charge < -0.3 is 4.90 Å². The Hall–Kier alpha value is -0.800. The van der Waals surface area contributed by atoms with Gasteiger partial charge in [-0.3, -0.25) is 4.79 Å². The smallest absolute Gasteiger partial charge is 0.254 e. The van der Waals surface area contributed by atoms with E-state index >= 15 is 0 Å². The Bertz CT molecular complexity index is 424. The summed E-state index contributed by atoms with van der Waals surface area (Å²) in [7, 11) is 0. The zero-order chi connectivity index (χ0) is 11.5. The van der Waals surface area contributed by atoms with Gasteiger partial charge in [-0.25, -0.2) is 0 Å². The number of rotatable bonds is 1. The van der Waals surface area contributed by atoms with Crippen LogP contribution in [-0.4, -0.2) is 23.9 Å². The van der Waals surface area contributed by atoms with E-state index in [1.54, 1.807) is 18.2 Å². The minimum Gasteiger partial charge on any atom is -0.335 e. The highest BCUT2D eigenvalue weighted by molar-refractivity contribution is 9.10. The number of carbonyl (C=O) groups is 1. The van der Waals surface area contributed by atoms with Gasteiger partial charge in [0.1, 0.15) is 0 Å². The molecule has 0 N–H and O–H groups in total. The molecule has 0 saturated carbocycles. The Kier molecular flexibility index (Phi) is 3.66. The summed E-state index contributed by atoms with van der Waals surface area (Å²) >= 11 is 9.25. The molecule has 0 saturated heterocycles. The van der Waals surface area contributed by atoms with Crippen molar-refractivity contribution in [3.63, 3.8) is 0 Å². The molecule has 0 atom stereocenters. The fourth-order valence-electron chi connectivity index (χ4n) is 1.69. The van der Waals surface area contributed by atoms with Gasteiger partial charge in [-0.2, -0.15) is 0 Å². The normalized spacial score (nSPS) is 15.2. The van der Waals surface area contributed by atoms with Crippen LogP contribution in [0.25, 0.3) is 0 Å². The monoisotopic (exact) mass is 299 g/mol. The number of hydrogen-bond donors (Lipinski definition) is 0. The molecule has 1 aromatic carbocycles. The van der Waals surface area contributed by atoms with Gasteiger partial charge in [-0.1, -0.05) is 39.7 Å². The van der Waals surface area contributed by atoms with E-state index in [0.29, 0.717) is 17.1 Å². The highest BCUT2D eigenvalue weighted by Gasteiger charge is 2.16. The van der Waals surface area contributed by atoms with Crippen LogP contribution in [0.1, 0.15) is 16.8 Å². The Balaban J connectivity index is 2.23. The molecule has 1 amide bonds. The van der Waals surface area contributed by atoms with Gasteiger partial charge in [0.25, 0.3) is 5.91 Å². The van der Waals surface area contributed by atoms with Crippen molar-refractivity contribution in [1.82, 2.24) is 4.90 Å². The molecular weight excluding hydrogens is 289 g/mol. The van der Waals surface area contributed by atoms with Gasteiger partial charge in [-0.15, -0.1) is 0 Å². The number of benzene rings is 1. The second-order valence-electron chi connectivity index (χ2n) is 3.67. The highest BCUT2D eigenvalue weighted by Crippen LogP contribution is 2.21. The molecule has 0 unspecified atom stereocenters. The molecule has 2 rings (SSSR count). The van der Waals surface area contributed by atoms with E-state index < -0.39 is 0 Å². The standard InChI is InChI=1S/C12H11BrClNO/c13-10-6-9(7-11(14)8-10)12(16)15-4-2-1-3-5-15/h1-2,6-8H,3-5H2. The van der Waals surface area contributed by atoms with Crippen molar-refractivity contribution < 1.29 is 4.79 Å². The van der Waals surface area contributed by atoms with E-state index in [4.69, 9.17) is 11.6 Å². The lowest BCUT2D eigenvalue weighted by atomic mass is 10.1. The maximum atomic E-state index is 12.1. The molecule has 0 spiro atoms. The molecule has 16 heavy (non-hydrogen) atoms. The van der Waals surface area contributed by atoms with Gasteiger partial charge in [0, 0.05) is 28.1 Å². The second kappa shape index (κ2) is 5.02. The maximum absolute atomic E-state index is 12.1. The van der Waals surface area contributed by atoms with Crippen molar-refractivity contribution in [3.8, 4) is 0 Å². The zero-order valence-corrected chi connectivity index (χ0v) is 11.0. The predicted molar refractivity (Wildman–Crippen MR) is 68.8 cm³/mol. The Morgan fingerprint density at radius 3 is 2.75 bits per heavy atom. The molecule has 1 aliphatic heterocycles. The predicted octanol–water partition coefficient (Wildman–Crippen LogP) is 3.50. The lowest BCUT2D eigenvalue weighted by Gasteiger charge is -2.23. The zero-order valence-electron chi connectivity index (χ0n) is 8.62. The van der Waals surface area contributed by atoms with Crippen LogP contribution in [0.2, 0.25) is 5.02 Å². The summed E-state index contributed by atoms with van der Waals surface area (Å²) in [5.41, 5.74) is 0.634. The first-order valence-corrected chi connectivity index (χ1v) is 6.24. The molecular formula is C12H11BrClNO. The van der Waals surface area contributed by atoms with Crippen LogP contribution in [0.5, 0.6) is 0 Å². The van der Waals surface area contributed by atoms with E-state index in [9.17, 15) is 4.79 Å². The largest absolute Gasteiger partial charge is 0.335 e. The minimum atomic E-state index is 0.0348. The summed E-state index contributed by atoms with van der Waals surface area (Å²) in [4.78, 5) is 13.9. The summed E-state index contributed by atoms with van der Waals surface area (Å²) in [6.07, 6.45) is 5.03. The van der Waals surface area contributed by atoms with Crippen molar-refractivity contribution in [2.24, 2.45) is 0 Å². The number of halogens is 2. The summed E-state index contributed by atoms with van der Waals surface area (Å²) in [6.45, 7) is 1.46. The summed E-state index contributed by atoms with van der Waals surface area (Å²) < 4.78 is 0.830. The lowest BCUT2D eigenvalue weighted by Crippen LogP contribution is -2.33. The molecule has 84 valence electrons. The Morgan fingerprint density at radius 1 is 1.31 bits per heavy atom. The quantitative estimate of drug-likeness (QED) is 0.727. The van der Waals surface area contributed by atoms with Crippen LogP contribution < -0.4 is 0 Å². The second-order valence-corrected chi connectivity index (χ2v) is 5.02. The molecule has 0 aromatic heterocycles. The van der Waals surface area contributed by atoms with E-state index in [2.05, 4.69) is 22.0 Å². The third-order valence-corrected chi connectivity index (χ3v) is 3.13. The molecule has 0 radical (unpaired) electrons. The average Bonchev–Trinajstić information content (AvgIpc) is 2.28. The lowest BCUT2D eigenvalue weighted by molar-refractivity contribution is 0.0771. The molecule has 1 aliphatic rings.